The van der Waals surface area contributed by atoms with Gasteiger partial charge in [-0.2, -0.15) is 5.10 Å². The Kier molecular flexibility index (Phi) is 5.37. The third-order valence-electron chi connectivity index (χ3n) is 3.48. The van der Waals surface area contributed by atoms with Crippen LogP contribution in [0.5, 0.6) is 0 Å². The number of thioether (sulfide) groups is 1. The van der Waals surface area contributed by atoms with Crippen molar-refractivity contribution in [3.8, 4) is 0 Å². The van der Waals surface area contributed by atoms with E-state index in [0.717, 1.165) is 5.56 Å². The van der Waals surface area contributed by atoms with Gasteiger partial charge in [0.2, 0.25) is 5.91 Å². The molecule has 0 bridgehead atoms. The van der Waals surface area contributed by atoms with Crippen LogP contribution in [-0.4, -0.2) is 31.4 Å². The quantitative estimate of drug-likeness (QED) is 0.448. The van der Waals surface area contributed by atoms with Crippen molar-refractivity contribution in [3.05, 3.63) is 53.7 Å². The van der Waals surface area contributed by atoms with Crippen LogP contribution in [0, 0.1) is 6.92 Å². The molecular formula is C17H19N7OS. The summed E-state index contributed by atoms with van der Waals surface area (Å²) in [7, 11) is 0. The summed E-state index contributed by atoms with van der Waals surface area (Å²) < 4.78 is 1.74. The lowest BCUT2D eigenvalue weighted by molar-refractivity contribution is -0.113. The Morgan fingerprint density at radius 3 is 2.69 bits per heavy atom. The molecule has 1 aromatic carbocycles. The number of hydrogen-bond acceptors (Lipinski definition) is 7. The highest BCUT2D eigenvalue weighted by Gasteiger charge is 2.10. The van der Waals surface area contributed by atoms with Crippen LogP contribution >= 0.6 is 11.8 Å². The van der Waals surface area contributed by atoms with Crippen LogP contribution in [0.1, 0.15) is 11.1 Å². The summed E-state index contributed by atoms with van der Waals surface area (Å²) in [6.07, 6.45) is 1.65. The minimum absolute atomic E-state index is 0.137. The zero-order valence-corrected chi connectivity index (χ0v) is 15.0. The van der Waals surface area contributed by atoms with Crippen molar-refractivity contribution in [1.82, 2.24) is 19.7 Å². The highest BCUT2D eigenvalue weighted by atomic mass is 32.2. The Morgan fingerprint density at radius 2 is 1.96 bits per heavy atom. The largest absolute Gasteiger partial charge is 0.383 e. The van der Waals surface area contributed by atoms with Crippen LogP contribution in [-0.2, 0) is 11.3 Å². The molecule has 0 radical (unpaired) electrons. The SMILES string of the molecule is Cc1cccc(Cn2nccc2NC(=O)CSc2nc(N)cc(N)n2)c1. The van der Waals surface area contributed by atoms with Gasteiger partial charge in [-0.15, -0.1) is 0 Å². The van der Waals surface area contributed by atoms with Crippen LogP contribution in [0.3, 0.4) is 0 Å². The van der Waals surface area contributed by atoms with Gasteiger partial charge in [-0.05, 0) is 12.5 Å². The maximum atomic E-state index is 12.2. The molecule has 3 rings (SSSR count). The highest BCUT2D eigenvalue weighted by Crippen LogP contribution is 2.17. The lowest BCUT2D eigenvalue weighted by Crippen LogP contribution is -2.18. The molecule has 2 aromatic heterocycles. The molecule has 0 saturated carbocycles. The lowest BCUT2D eigenvalue weighted by Gasteiger charge is -2.09. The number of aryl methyl sites for hydroxylation is 1. The number of carbonyl (C=O) groups is 1. The van der Waals surface area contributed by atoms with Gasteiger partial charge in [0.25, 0.3) is 0 Å². The lowest BCUT2D eigenvalue weighted by atomic mass is 10.1. The number of aromatic nitrogens is 4. The average molecular weight is 369 g/mol. The Hall–Kier alpha value is -3.07. The molecule has 9 heteroatoms. The van der Waals surface area contributed by atoms with Gasteiger partial charge in [-0.1, -0.05) is 41.6 Å². The van der Waals surface area contributed by atoms with E-state index < -0.39 is 0 Å². The van der Waals surface area contributed by atoms with Crippen LogP contribution in [0.15, 0.2) is 47.8 Å². The summed E-state index contributed by atoms with van der Waals surface area (Å²) in [6.45, 7) is 2.62. The Morgan fingerprint density at radius 1 is 1.19 bits per heavy atom. The summed E-state index contributed by atoms with van der Waals surface area (Å²) in [4.78, 5) is 20.3. The number of amides is 1. The van der Waals surface area contributed by atoms with Gasteiger partial charge < -0.3 is 16.8 Å². The number of anilines is 3. The molecule has 0 aliphatic carbocycles. The van der Waals surface area contributed by atoms with Crippen molar-refractivity contribution in [2.24, 2.45) is 0 Å². The topological polar surface area (TPSA) is 125 Å². The number of rotatable bonds is 6. The molecule has 0 atom stereocenters. The Bertz CT molecular complexity index is 905. The Balaban J connectivity index is 1.60. The number of nitrogens with two attached hydrogens (primary N) is 2. The van der Waals surface area contributed by atoms with Gasteiger partial charge in [0.05, 0.1) is 18.5 Å². The first-order chi connectivity index (χ1) is 12.5. The van der Waals surface area contributed by atoms with Gasteiger partial charge in [0.1, 0.15) is 17.5 Å². The number of hydrogen-bond donors (Lipinski definition) is 3. The van der Waals surface area contributed by atoms with E-state index in [2.05, 4.69) is 26.4 Å². The van der Waals surface area contributed by atoms with E-state index in [4.69, 9.17) is 11.5 Å². The first kappa shape index (κ1) is 17.7. The molecule has 3 aromatic rings. The second-order valence-electron chi connectivity index (χ2n) is 5.70. The second kappa shape index (κ2) is 7.87. The highest BCUT2D eigenvalue weighted by molar-refractivity contribution is 7.99. The van der Waals surface area contributed by atoms with Gasteiger partial charge in [0.15, 0.2) is 5.16 Å². The number of nitrogens with one attached hydrogen (secondary N) is 1. The Labute approximate surface area is 155 Å². The molecule has 0 unspecified atom stereocenters. The van der Waals surface area contributed by atoms with E-state index in [1.807, 2.05) is 25.1 Å². The predicted molar refractivity (Wildman–Crippen MR) is 103 cm³/mol. The van der Waals surface area contributed by atoms with Crippen molar-refractivity contribution in [2.75, 3.05) is 22.5 Å². The molecule has 0 aliphatic rings. The van der Waals surface area contributed by atoms with Gasteiger partial charge in [0, 0.05) is 12.1 Å². The standard InChI is InChI=1S/C17H19N7OS/c1-11-3-2-4-12(7-11)9-24-15(5-6-20-24)23-16(25)10-26-17-21-13(18)8-14(19)22-17/h2-8H,9-10H2,1H3,(H,23,25)(H4,18,19,21,22). The molecule has 0 aliphatic heterocycles. The van der Waals surface area contributed by atoms with E-state index in [1.165, 1.54) is 23.4 Å². The molecule has 0 spiro atoms. The summed E-state index contributed by atoms with van der Waals surface area (Å²) in [5.74, 6) is 1.13. The van der Waals surface area contributed by atoms with E-state index in [0.29, 0.717) is 17.5 Å². The molecule has 1 amide bonds. The number of nitrogens with zero attached hydrogens (tertiary/aromatic N) is 4. The van der Waals surface area contributed by atoms with Crippen LogP contribution in [0.4, 0.5) is 17.5 Å². The van der Waals surface area contributed by atoms with E-state index in [1.54, 1.807) is 16.9 Å². The summed E-state index contributed by atoms with van der Waals surface area (Å²) >= 11 is 1.17. The predicted octanol–water partition coefficient (Wildman–Crippen LogP) is 1.93. The number of nitrogen functional groups attached to an aromatic ring is 2. The second-order valence-corrected chi connectivity index (χ2v) is 6.64. The molecular weight excluding hydrogens is 350 g/mol. The van der Waals surface area contributed by atoms with Crippen molar-refractivity contribution in [2.45, 2.75) is 18.6 Å². The third-order valence-corrected chi connectivity index (χ3v) is 4.32. The molecule has 26 heavy (non-hydrogen) atoms. The molecule has 0 saturated heterocycles. The monoisotopic (exact) mass is 369 g/mol. The van der Waals surface area contributed by atoms with Gasteiger partial charge in [-0.25, -0.2) is 14.6 Å². The van der Waals surface area contributed by atoms with Gasteiger partial charge >= 0.3 is 0 Å². The van der Waals surface area contributed by atoms with Crippen LogP contribution in [0.25, 0.3) is 0 Å². The minimum Gasteiger partial charge on any atom is -0.383 e. The molecule has 8 nitrogen and oxygen atoms in total. The van der Waals surface area contributed by atoms with Crippen LogP contribution < -0.4 is 16.8 Å². The molecule has 5 N–H and O–H groups in total. The smallest absolute Gasteiger partial charge is 0.235 e. The fourth-order valence-electron chi connectivity index (χ4n) is 2.38. The molecule has 0 fully saturated rings. The zero-order valence-electron chi connectivity index (χ0n) is 14.2. The fraction of sp³-hybridized carbons (Fsp3) is 0.176. The summed E-state index contributed by atoms with van der Waals surface area (Å²) in [6, 6.07) is 11.4. The first-order valence-corrected chi connectivity index (χ1v) is 8.88. The van der Waals surface area contributed by atoms with E-state index in [-0.39, 0.29) is 23.3 Å². The van der Waals surface area contributed by atoms with Crippen molar-refractivity contribution < 1.29 is 4.79 Å². The average Bonchev–Trinajstić information content (AvgIpc) is 2.99. The minimum atomic E-state index is -0.189. The number of benzene rings is 1. The van der Waals surface area contributed by atoms with Crippen LogP contribution in [0.2, 0.25) is 0 Å². The van der Waals surface area contributed by atoms with Crippen molar-refractivity contribution >= 4 is 35.1 Å². The van der Waals surface area contributed by atoms with Crippen molar-refractivity contribution in [3.63, 3.8) is 0 Å². The van der Waals surface area contributed by atoms with Crippen molar-refractivity contribution in [1.29, 1.82) is 0 Å². The maximum absolute atomic E-state index is 12.2. The molecule has 2 heterocycles. The zero-order chi connectivity index (χ0) is 18.5. The van der Waals surface area contributed by atoms with E-state index in [9.17, 15) is 4.79 Å². The first-order valence-electron chi connectivity index (χ1n) is 7.89. The van der Waals surface area contributed by atoms with E-state index >= 15 is 0 Å². The summed E-state index contributed by atoms with van der Waals surface area (Å²) in [5, 5.41) is 7.49. The molecule has 134 valence electrons. The fourth-order valence-corrected chi connectivity index (χ4v) is 3.06. The number of carbonyl (C=O) groups excluding carboxylic acids is 1. The summed E-state index contributed by atoms with van der Waals surface area (Å²) in [5.41, 5.74) is 13.5. The normalized spacial score (nSPS) is 10.7. The third kappa shape index (κ3) is 4.73. The van der Waals surface area contributed by atoms with Gasteiger partial charge in [-0.3, -0.25) is 4.79 Å². The maximum Gasteiger partial charge on any atom is 0.235 e.